The van der Waals surface area contributed by atoms with Crippen LogP contribution in [0.3, 0.4) is 0 Å². The molecule has 100 valence electrons. The molecule has 0 aliphatic heterocycles. The van der Waals surface area contributed by atoms with Crippen molar-refractivity contribution in [1.82, 2.24) is 5.32 Å². The highest BCUT2D eigenvalue weighted by Crippen LogP contribution is 2.34. The maximum absolute atomic E-state index is 12.3. The van der Waals surface area contributed by atoms with Gasteiger partial charge in [-0.1, -0.05) is 25.7 Å². The van der Waals surface area contributed by atoms with Crippen LogP contribution >= 0.6 is 0 Å². The van der Waals surface area contributed by atoms with Crippen LogP contribution in [0.4, 0.5) is 0 Å². The standard InChI is InChI=1S/C13H26N2O2/c1-11(9-17-2)15-12(16)13(10-14)7-5-3-4-6-8-13/h11H,3-10,14H2,1-2H3,(H,15,16). The predicted molar refractivity (Wildman–Crippen MR) is 68.7 cm³/mol. The molecule has 3 N–H and O–H groups in total. The normalized spacial score (nSPS) is 21.6. The van der Waals surface area contributed by atoms with E-state index in [2.05, 4.69) is 5.32 Å². The zero-order valence-corrected chi connectivity index (χ0v) is 11.1. The van der Waals surface area contributed by atoms with Crippen molar-refractivity contribution in [2.45, 2.75) is 51.5 Å². The average molecular weight is 242 g/mol. The highest BCUT2D eigenvalue weighted by molar-refractivity contribution is 5.83. The van der Waals surface area contributed by atoms with E-state index in [9.17, 15) is 4.79 Å². The number of carbonyl (C=O) groups is 1. The lowest BCUT2D eigenvalue weighted by Gasteiger charge is -2.31. The van der Waals surface area contributed by atoms with Crippen LogP contribution in [0.15, 0.2) is 0 Å². The Balaban J connectivity index is 2.60. The molecular weight excluding hydrogens is 216 g/mol. The lowest BCUT2D eigenvalue weighted by atomic mass is 9.79. The van der Waals surface area contributed by atoms with Crippen LogP contribution in [0.1, 0.15) is 45.4 Å². The molecule has 0 aromatic rings. The van der Waals surface area contributed by atoms with Gasteiger partial charge in [0.05, 0.1) is 12.0 Å². The van der Waals surface area contributed by atoms with Gasteiger partial charge < -0.3 is 15.8 Å². The van der Waals surface area contributed by atoms with E-state index in [1.165, 1.54) is 12.8 Å². The van der Waals surface area contributed by atoms with E-state index in [1.807, 2.05) is 6.92 Å². The summed E-state index contributed by atoms with van der Waals surface area (Å²) in [6, 6.07) is 0.0548. The van der Waals surface area contributed by atoms with Crippen molar-refractivity contribution in [2.75, 3.05) is 20.3 Å². The number of hydrogen-bond acceptors (Lipinski definition) is 3. The zero-order valence-electron chi connectivity index (χ0n) is 11.1. The summed E-state index contributed by atoms with van der Waals surface area (Å²) in [5.41, 5.74) is 5.53. The van der Waals surface area contributed by atoms with Gasteiger partial charge in [0.25, 0.3) is 0 Å². The minimum atomic E-state index is -0.335. The summed E-state index contributed by atoms with van der Waals surface area (Å²) in [6.45, 7) is 2.97. The van der Waals surface area contributed by atoms with Gasteiger partial charge in [0.1, 0.15) is 0 Å². The smallest absolute Gasteiger partial charge is 0.227 e. The molecule has 17 heavy (non-hydrogen) atoms. The number of rotatable bonds is 5. The molecule has 1 aliphatic carbocycles. The number of carbonyl (C=O) groups excluding carboxylic acids is 1. The van der Waals surface area contributed by atoms with E-state index in [0.29, 0.717) is 13.2 Å². The summed E-state index contributed by atoms with van der Waals surface area (Å²) in [4.78, 5) is 12.3. The van der Waals surface area contributed by atoms with Crippen LogP contribution < -0.4 is 11.1 Å². The first-order chi connectivity index (χ1) is 8.14. The summed E-state index contributed by atoms with van der Waals surface area (Å²) in [5.74, 6) is 0.117. The van der Waals surface area contributed by atoms with Gasteiger partial charge in [0.2, 0.25) is 5.91 Å². The number of ether oxygens (including phenoxy) is 1. The Morgan fingerprint density at radius 3 is 2.41 bits per heavy atom. The van der Waals surface area contributed by atoms with Crippen molar-refractivity contribution in [1.29, 1.82) is 0 Å². The molecule has 1 amide bonds. The van der Waals surface area contributed by atoms with Crippen molar-refractivity contribution in [2.24, 2.45) is 11.1 Å². The van der Waals surface area contributed by atoms with Gasteiger partial charge in [-0.05, 0) is 19.8 Å². The van der Waals surface area contributed by atoms with E-state index in [0.717, 1.165) is 25.7 Å². The molecular formula is C13H26N2O2. The second kappa shape index (κ2) is 6.97. The number of nitrogens with two attached hydrogens (primary N) is 1. The minimum Gasteiger partial charge on any atom is -0.383 e. The molecule has 0 spiro atoms. The molecule has 0 aromatic heterocycles. The van der Waals surface area contributed by atoms with E-state index in [-0.39, 0.29) is 17.4 Å². The molecule has 0 saturated heterocycles. The monoisotopic (exact) mass is 242 g/mol. The summed E-state index contributed by atoms with van der Waals surface area (Å²) in [5, 5.41) is 3.03. The van der Waals surface area contributed by atoms with Crippen LogP contribution in [0.25, 0.3) is 0 Å². The molecule has 0 radical (unpaired) electrons. The number of methoxy groups -OCH3 is 1. The maximum atomic E-state index is 12.3. The minimum absolute atomic E-state index is 0.0548. The first kappa shape index (κ1) is 14.5. The SMILES string of the molecule is COCC(C)NC(=O)C1(CN)CCCCCC1. The van der Waals surface area contributed by atoms with Gasteiger partial charge in [-0.3, -0.25) is 4.79 Å². The van der Waals surface area contributed by atoms with Crippen molar-refractivity contribution >= 4 is 5.91 Å². The average Bonchev–Trinajstić information content (AvgIpc) is 2.55. The first-order valence-corrected chi connectivity index (χ1v) is 6.64. The van der Waals surface area contributed by atoms with Crippen LogP contribution in [0.5, 0.6) is 0 Å². The van der Waals surface area contributed by atoms with Crippen LogP contribution in [-0.4, -0.2) is 32.2 Å². The first-order valence-electron chi connectivity index (χ1n) is 6.64. The molecule has 0 heterocycles. The van der Waals surface area contributed by atoms with E-state index in [1.54, 1.807) is 7.11 Å². The summed E-state index contributed by atoms with van der Waals surface area (Å²) in [6.07, 6.45) is 6.53. The molecule has 1 saturated carbocycles. The molecule has 0 aromatic carbocycles. The molecule has 4 heteroatoms. The molecule has 1 aliphatic rings. The largest absolute Gasteiger partial charge is 0.383 e. The Morgan fingerprint density at radius 1 is 1.35 bits per heavy atom. The topological polar surface area (TPSA) is 64.3 Å². The fourth-order valence-corrected chi connectivity index (χ4v) is 2.60. The third kappa shape index (κ3) is 3.96. The number of amides is 1. The van der Waals surface area contributed by atoms with Crippen molar-refractivity contribution < 1.29 is 9.53 Å². The quantitative estimate of drug-likeness (QED) is 0.717. The van der Waals surface area contributed by atoms with Gasteiger partial charge >= 0.3 is 0 Å². The second-order valence-electron chi connectivity index (χ2n) is 5.23. The Labute approximate surface area is 104 Å². The summed E-state index contributed by atoms with van der Waals surface area (Å²) < 4.78 is 5.04. The Morgan fingerprint density at radius 2 is 1.94 bits per heavy atom. The second-order valence-corrected chi connectivity index (χ2v) is 5.23. The zero-order chi connectivity index (χ0) is 12.7. The summed E-state index contributed by atoms with van der Waals surface area (Å²) in [7, 11) is 1.65. The molecule has 1 rings (SSSR count). The third-order valence-corrected chi connectivity index (χ3v) is 3.73. The molecule has 4 nitrogen and oxygen atoms in total. The molecule has 1 fully saturated rings. The number of hydrogen-bond donors (Lipinski definition) is 2. The fourth-order valence-electron chi connectivity index (χ4n) is 2.60. The Kier molecular flexibility index (Phi) is 5.92. The Hall–Kier alpha value is -0.610. The van der Waals surface area contributed by atoms with Crippen LogP contribution in [0.2, 0.25) is 0 Å². The van der Waals surface area contributed by atoms with Crippen LogP contribution in [0, 0.1) is 5.41 Å². The molecule has 1 atom stereocenters. The van der Waals surface area contributed by atoms with Gasteiger partial charge in [0, 0.05) is 19.7 Å². The Bertz CT molecular complexity index is 236. The lowest BCUT2D eigenvalue weighted by molar-refractivity contribution is -0.132. The lowest BCUT2D eigenvalue weighted by Crippen LogP contribution is -2.49. The molecule has 0 bridgehead atoms. The number of nitrogens with one attached hydrogen (secondary N) is 1. The van der Waals surface area contributed by atoms with Crippen LogP contribution in [-0.2, 0) is 9.53 Å². The highest BCUT2D eigenvalue weighted by Gasteiger charge is 2.37. The van der Waals surface area contributed by atoms with Gasteiger partial charge in [-0.15, -0.1) is 0 Å². The summed E-state index contributed by atoms with van der Waals surface area (Å²) >= 11 is 0. The van der Waals surface area contributed by atoms with Crippen molar-refractivity contribution in [3.63, 3.8) is 0 Å². The fraction of sp³-hybridized carbons (Fsp3) is 0.923. The van der Waals surface area contributed by atoms with Gasteiger partial charge in [-0.25, -0.2) is 0 Å². The van der Waals surface area contributed by atoms with E-state index in [4.69, 9.17) is 10.5 Å². The van der Waals surface area contributed by atoms with E-state index < -0.39 is 0 Å². The van der Waals surface area contributed by atoms with Gasteiger partial charge in [-0.2, -0.15) is 0 Å². The third-order valence-electron chi connectivity index (χ3n) is 3.73. The maximum Gasteiger partial charge on any atom is 0.227 e. The van der Waals surface area contributed by atoms with Crippen molar-refractivity contribution in [3.8, 4) is 0 Å². The predicted octanol–water partition coefficient (Wildman–Crippen LogP) is 1.44. The van der Waals surface area contributed by atoms with Gasteiger partial charge in [0.15, 0.2) is 0 Å². The van der Waals surface area contributed by atoms with E-state index >= 15 is 0 Å². The molecule has 1 unspecified atom stereocenters. The highest BCUT2D eigenvalue weighted by atomic mass is 16.5. The van der Waals surface area contributed by atoms with Crippen molar-refractivity contribution in [3.05, 3.63) is 0 Å².